The van der Waals surface area contributed by atoms with E-state index in [1.54, 1.807) is 0 Å². The lowest BCUT2D eigenvalue weighted by atomic mass is 9.97. The Morgan fingerprint density at radius 2 is 1.36 bits per heavy atom. The normalized spacial score (nSPS) is 11.2. The molecule has 0 saturated heterocycles. The van der Waals surface area contributed by atoms with Crippen LogP contribution in [0.1, 0.15) is 31.0 Å². The van der Waals surface area contributed by atoms with E-state index < -0.39 is 8.32 Å². The lowest BCUT2D eigenvalue weighted by Crippen LogP contribution is -2.29. The minimum atomic E-state index is -1.62. The van der Waals surface area contributed by atoms with Gasteiger partial charge in [-0.2, -0.15) is 0 Å². The maximum atomic E-state index is 6.29. The monoisotopic (exact) mass is 350 g/mol. The summed E-state index contributed by atoms with van der Waals surface area (Å²) < 4.78 is 6.29. The van der Waals surface area contributed by atoms with Gasteiger partial charge in [0.05, 0.1) is 0 Å². The molecule has 0 heterocycles. The molecule has 0 spiro atoms. The summed E-state index contributed by atoms with van der Waals surface area (Å²) in [4.78, 5) is 0. The van der Waals surface area contributed by atoms with E-state index in [0.717, 1.165) is 18.6 Å². The first-order valence-corrected chi connectivity index (χ1v) is 12.1. The van der Waals surface area contributed by atoms with Crippen molar-refractivity contribution < 1.29 is 4.43 Å². The molecule has 0 aliphatic rings. The Kier molecular flexibility index (Phi) is 6.07. The van der Waals surface area contributed by atoms with Crippen molar-refractivity contribution in [2.45, 2.75) is 46.8 Å². The van der Waals surface area contributed by atoms with Gasteiger partial charge in [-0.1, -0.05) is 68.9 Å². The van der Waals surface area contributed by atoms with Gasteiger partial charge in [-0.3, -0.25) is 0 Å². The highest BCUT2D eigenvalue weighted by Gasteiger charge is 2.18. The van der Waals surface area contributed by atoms with Crippen molar-refractivity contribution in [3.05, 3.63) is 77.4 Å². The van der Waals surface area contributed by atoms with Crippen LogP contribution in [-0.2, 0) is 12.8 Å². The van der Waals surface area contributed by atoms with Crippen LogP contribution >= 0.6 is 0 Å². The molecule has 0 aromatic heterocycles. The Bertz CT molecular complexity index is 829. The topological polar surface area (TPSA) is 9.23 Å². The van der Waals surface area contributed by atoms with Gasteiger partial charge in [0.15, 0.2) is 0 Å². The number of hydrogen-bond donors (Lipinski definition) is 0. The molecule has 0 unspecified atom stereocenters. The first kappa shape index (κ1) is 19.3. The Labute approximate surface area is 153 Å². The minimum Gasteiger partial charge on any atom is -0.544 e. The van der Waals surface area contributed by atoms with Crippen LogP contribution in [0.4, 0.5) is 0 Å². The van der Waals surface area contributed by atoms with Crippen LogP contribution < -0.4 is 4.43 Å². The minimum absolute atomic E-state index is 0. The molecule has 132 valence electrons. The van der Waals surface area contributed by atoms with Crippen LogP contribution in [0, 0.1) is 0 Å². The second-order valence-electron chi connectivity index (χ2n) is 7.33. The first-order valence-electron chi connectivity index (χ1n) is 8.74. The Morgan fingerprint density at radius 3 is 1.96 bits per heavy atom. The van der Waals surface area contributed by atoms with E-state index in [1.807, 2.05) is 0 Å². The van der Waals surface area contributed by atoms with Crippen LogP contribution in [0.25, 0.3) is 10.8 Å². The summed E-state index contributed by atoms with van der Waals surface area (Å²) in [6.07, 6.45) is 2.05. The highest BCUT2D eigenvalue weighted by molar-refractivity contribution is 6.70. The van der Waals surface area contributed by atoms with Gasteiger partial charge in [-0.15, -0.1) is 0 Å². The number of fused-ring (bicyclic) bond motifs is 1. The van der Waals surface area contributed by atoms with Gasteiger partial charge in [0.2, 0.25) is 8.32 Å². The molecule has 3 aromatic rings. The van der Waals surface area contributed by atoms with Gasteiger partial charge in [0, 0.05) is 5.39 Å². The maximum Gasteiger partial charge on any atom is 0.242 e. The van der Waals surface area contributed by atoms with E-state index in [-0.39, 0.29) is 7.43 Å². The smallest absolute Gasteiger partial charge is 0.242 e. The fraction of sp³-hybridized carbons (Fsp3) is 0.304. The van der Waals surface area contributed by atoms with Crippen molar-refractivity contribution >= 4 is 19.1 Å². The van der Waals surface area contributed by atoms with Gasteiger partial charge >= 0.3 is 0 Å². The van der Waals surface area contributed by atoms with Crippen molar-refractivity contribution in [1.29, 1.82) is 0 Å². The highest BCUT2D eigenvalue weighted by atomic mass is 28.4. The van der Waals surface area contributed by atoms with Crippen LogP contribution in [-0.4, -0.2) is 8.32 Å². The van der Waals surface area contributed by atoms with Crippen LogP contribution in [0.5, 0.6) is 5.75 Å². The van der Waals surface area contributed by atoms with E-state index in [2.05, 4.69) is 87.2 Å². The number of benzene rings is 3. The predicted octanol–water partition coefficient (Wildman–Crippen LogP) is 6.84. The summed E-state index contributed by atoms with van der Waals surface area (Å²) >= 11 is 0. The molecule has 0 aliphatic heterocycles. The fourth-order valence-electron chi connectivity index (χ4n) is 3.02. The molecule has 0 saturated carbocycles. The van der Waals surface area contributed by atoms with E-state index >= 15 is 0 Å². The highest BCUT2D eigenvalue weighted by Crippen LogP contribution is 2.31. The standard InChI is InChI=1S/C22H26OSi.CH4/c1-5-17-10-12-18(13-11-17)16-19-14-15-22(23-24(2,3)4)21-9-7-6-8-20(19)21;/h6-15H,5,16H2,1-4H3;1H4. The molecule has 2 heteroatoms. The zero-order chi connectivity index (χ0) is 17.2. The quantitative estimate of drug-likeness (QED) is 0.458. The molecule has 0 bridgehead atoms. The summed E-state index contributed by atoms with van der Waals surface area (Å²) in [6.45, 7) is 8.88. The van der Waals surface area contributed by atoms with Crippen molar-refractivity contribution in [3.63, 3.8) is 0 Å². The summed E-state index contributed by atoms with van der Waals surface area (Å²) in [7, 11) is -1.62. The van der Waals surface area contributed by atoms with Gasteiger partial charge in [0.1, 0.15) is 5.75 Å². The number of rotatable bonds is 5. The van der Waals surface area contributed by atoms with Gasteiger partial charge in [-0.25, -0.2) is 0 Å². The molecule has 1 nitrogen and oxygen atoms in total. The van der Waals surface area contributed by atoms with Crippen molar-refractivity contribution in [2.75, 3.05) is 0 Å². The zero-order valence-corrected chi connectivity index (χ0v) is 16.1. The maximum absolute atomic E-state index is 6.29. The first-order chi connectivity index (χ1) is 11.5. The second-order valence-corrected chi connectivity index (χ2v) is 11.8. The van der Waals surface area contributed by atoms with Crippen molar-refractivity contribution in [2.24, 2.45) is 0 Å². The van der Waals surface area contributed by atoms with Crippen molar-refractivity contribution in [1.82, 2.24) is 0 Å². The summed E-state index contributed by atoms with van der Waals surface area (Å²) in [5.41, 5.74) is 4.11. The SMILES string of the molecule is C.CCc1ccc(Cc2ccc(O[Si](C)(C)C)c3ccccc23)cc1. The Balaban J connectivity index is 0.00000225. The lowest BCUT2D eigenvalue weighted by molar-refractivity contribution is 0.564. The molecular formula is C23H30OSi. The number of aryl methyl sites for hydroxylation is 1. The molecule has 0 radical (unpaired) electrons. The van der Waals surface area contributed by atoms with Gasteiger partial charge in [-0.05, 0) is 60.6 Å². The molecule has 0 amide bonds. The fourth-order valence-corrected chi connectivity index (χ4v) is 3.86. The molecule has 0 aliphatic carbocycles. The summed E-state index contributed by atoms with van der Waals surface area (Å²) in [6, 6.07) is 21.9. The molecular weight excluding hydrogens is 320 g/mol. The summed E-state index contributed by atoms with van der Waals surface area (Å²) in [5, 5.41) is 2.52. The Hall–Kier alpha value is -2.06. The molecule has 0 N–H and O–H groups in total. The summed E-state index contributed by atoms with van der Waals surface area (Å²) in [5.74, 6) is 1.02. The van der Waals surface area contributed by atoms with E-state index in [4.69, 9.17) is 4.43 Å². The van der Waals surface area contributed by atoms with E-state index in [0.29, 0.717) is 0 Å². The lowest BCUT2D eigenvalue weighted by Gasteiger charge is -2.21. The third-order valence-electron chi connectivity index (χ3n) is 4.22. The zero-order valence-electron chi connectivity index (χ0n) is 15.1. The second kappa shape index (κ2) is 7.88. The third-order valence-corrected chi connectivity index (χ3v) is 5.05. The number of hydrogen-bond acceptors (Lipinski definition) is 1. The average Bonchev–Trinajstić information content (AvgIpc) is 2.56. The van der Waals surface area contributed by atoms with Crippen molar-refractivity contribution in [3.8, 4) is 5.75 Å². The van der Waals surface area contributed by atoms with E-state index in [9.17, 15) is 0 Å². The van der Waals surface area contributed by atoms with Crippen LogP contribution in [0.15, 0.2) is 60.7 Å². The van der Waals surface area contributed by atoms with Crippen LogP contribution in [0.2, 0.25) is 19.6 Å². The average molecular weight is 351 g/mol. The third kappa shape index (κ3) is 4.73. The molecule has 25 heavy (non-hydrogen) atoms. The molecule has 3 rings (SSSR count). The molecule has 0 fully saturated rings. The predicted molar refractivity (Wildman–Crippen MR) is 113 cm³/mol. The Morgan fingerprint density at radius 1 is 0.760 bits per heavy atom. The van der Waals surface area contributed by atoms with Crippen LogP contribution in [0.3, 0.4) is 0 Å². The molecule has 3 aromatic carbocycles. The van der Waals surface area contributed by atoms with Gasteiger partial charge < -0.3 is 4.43 Å². The van der Waals surface area contributed by atoms with Gasteiger partial charge in [0.25, 0.3) is 0 Å². The van der Waals surface area contributed by atoms with E-state index in [1.165, 1.54) is 27.5 Å². The molecule has 0 atom stereocenters. The largest absolute Gasteiger partial charge is 0.544 e.